The highest BCUT2D eigenvalue weighted by molar-refractivity contribution is 6.42. The zero-order valence-corrected chi connectivity index (χ0v) is 5.45. The molecule has 0 aliphatic heterocycles. The number of alkyl halides is 2. The molecule has 0 spiro atoms. The Kier molecular flexibility index (Phi) is 14.5. The topological polar surface area (TPSA) is 40.5 Å². The van der Waals surface area contributed by atoms with Crippen LogP contribution in [0.3, 0.4) is 0 Å². The molecule has 7 heavy (non-hydrogen) atoms. The van der Waals surface area contributed by atoms with Crippen molar-refractivity contribution < 1.29 is 10.2 Å². The van der Waals surface area contributed by atoms with Gasteiger partial charge in [-0.2, -0.15) is 0 Å². The van der Waals surface area contributed by atoms with Crippen molar-refractivity contribution in [2.45, 2.75) is 11.9 Å². The van der Waals surface area contributed by atoms with Crippen LogP contribution in [-0.4, -0.2) is 21.8 Å². The molecule has 0 atom stereocenters. The third kappa shape index (κ3) is 527. The third-order valence-electron chi connectivity index (χ3n) is 0. The molecule has 0 aromatic rings. The molecule has 46 valence electrons. The molecule has 0 heterocycles. The predicted molar refractivity (Wildman–Crippen MR) is 30.5 cm³/mol. The van der Waals surface area contributed by atoms with Gasteiger partial charge in [0, 0.05) is 6.61 Å². The van der Waals surface area contributed by atoms with Gasteiger partial charge in [0.2, 0.25) is 5.02 Å². The molecule has 0 aliphatic carbocycles. The lowest BCUT2D eigenvalue weighted by molar-refractivity contribution is 0.318. The zero-order chi connectivity index (χ0) is 6.28. The fourth-order valence-corrected chi connectivity index (χ4v) is 0. The van der Waals surface area contributed by atoms with E-state index >= 15 is 0 Å². The van der Waals surface area contributed by atoms with Crippen LogP contribution in [-0.2, 0) is 0 Å². The first kappa shape index (κ1) is 10.5. The van der Waals surface area contributed by atoms with Crippen molar-refractivity contribution in [1.29, 1.82) is 0 Å². The molecule has 0 aromatic heterocycles. The quantitative estimate of drug-likeness (QED) is 0.496. The highest BCUT2D eigenvalue weighted by Crippen LogP contribution is 1.90. The third-order valence-corrected chi connectivity index (χ3v) is 0. The molecule has 2 N–H and O–H groups in total. The molecule has 0 saturated carbocycles. The van der Waals surface area contributed by atoms with E-state index in [0.29, 0.717) is 0 Å². The van der Waals surface area contributed by atoms with Crippen molar-refractivity contribution in [3.8, 4) is 0 Å². The normalized spacial score (nSPS) is 7.71. The largest absolute Gasteiger partial charge is 0.397 e. The van der Waals surface area contributed by atoms with Crippen LogP contribution >= 0.6 is 23.2 Å². The second-order valence-corrected chi connectivity index (χ2v) is 1.64. The summed E-state index contributed by atoms with van der Waals surface area (Å²) in [7, 11) is 0. The van der Waals surface area contributed by atoms with Crippen molar-refractivity contribution in [3.63, 3.8) is 0 Å². The maximum atomic E-state index is 7.59. The minimum atomic E-state index is -1.22. The Morgan fingerprint density at radius 3 is 1.57 bits per heavy atom. The van der Waals surface area contributed by atoms with Crippen molar-refractivity contribution >= 4 is 23.2 Å². The summed E-state index contributed by atoms with van der Waals surface area (Å²) in [6.45, 7) is 1.93. The molecule has 0 fully saturated rings. The number of aliphatic hydroxyl groups is 2. The van der Waals surface area contributed by atoms with E-state index in [-0.39, 0.29) is 6.61 Å². The number of aliphatic hydroxyl groups excluding tert-OH is 2. The number of hydrogen-bond donors (Lipinski definition) is 2. The van der Waals surface area contributed by atoms with E-state index in [1.165, 1.54) is 0 Å². The Morgan fingerprint density at radius 1 is 1.57 bits per heavy atom. The summed E-state index contributed by atoms with van der Waals surface area (Å²) in [5, 5.41) is 13.9. The van der Waals surface area contributed by atoms with Crippen molar-refractivity contribution in [3.05, 3.63) is 0 Å². The second kappa shape index (κ2) is 9.71. The van der Waals surface area contributed by atoms with E-state index in [1.54, 1.807) is 6.92 Å². The second-order valence-electron chi connectivity index (χ2n) is 0.594. The minimum absolute atomic E-state index is 0.250. The van der Waals surface area contributed by atoms with E-state index in [2.05, 4.69) is 23.2 Å². The first-order valence-electron chi connectivity index (χ1n) is 1.72. The van der Waals surface area contributed by atoms with Gasteiger partial charge in [0.15, 0.2) is 0 Å². The monoisotopic (exact) mass is 146 g/mol. The predicted octanol–water partition coefficient (Wildman–Crippen LogP) is 0.738. The average Bonchev–Trinajstić information content (AvgIpc) is 1.33. The van der Waals surface area contributed by atoms with Crippen LogP contribution in [0.1, 0.15) is 6.92 Å². The van der Waals surface area contributed by atoms with Crippen LogP contribution in [0.5, 0.6) is 0 Å². The molecule has 0 bridgehead atoms. The van der Waals surface area contributed by atoms with Crippen LogP contribution in [0, 0.1) is 0 Å². The highest BCUT2D eigenvalue weighted by atomic mass is 35.5. The summed E-state index contributed by atoms with van der Waals surface area (Å²) in [5.74, 6) is 0. The minimum Gasteiger partial charge on any atom is -0.397 e. The lowest BCUT2D eigenvalue weighted by Crippen LogP contribution is -1.73. The van der Waals surface area contributed by atoms with Gasteiger partial charge in [-0.3, -0.25) is 0 Å². The van der Waals surface area contributed by atoms with Crippen LogP contribution in [0.25, 0.3) is 0 Å². The van der Waals surface area contributed by atoms with E-state index in [0.717, 1.165) is 0 Å². The first-order valence-corrected chi connectivity index (χ1v) is 2.59. The molecule has 0 rings (SSSR count). The van der Waals surface area contributed by atoms with E-state index in [9.17, 15) is 0 Å². The lowest BCUT2D eigenvalue weighted by Gasteiger charge is -1.73. The molecule has 4 heteroatoms. The van der Waals surface area contributed by atoms with Gasteiger partial charge in [0.25, 0.3) is 0 Å². The molecule has 0 amide bonds. The smallest absolute Gasteiger partial charge is 0.204 e. The summed E-state index contributed by atoms with van der Waals surface area (Å²) < 4.78 is 0. The molecule has 0 aromatic carbocycles. The van der Waals surface area contributed by atoms with Crippen LogP contribution < -0.4 is 0 Å². The maximum absolute atomic E-state index is 7.59. The van der Waals surface area contributed by atoms with Crippen LogP contribution in [0.2, 0.25) is 0 Å². The van der Waals surface area contributed by atoms with Gasteiger partial charge in [0.1, 0.15) is 0 Å². The van der Waals surface area contributed by atoms with Crippen molar-refractivity contribution in [2.75, 3.05) is 6.61 Å². The summed E-state index contributed by atoms with van der Waals surface area (Å²) in [6, 6.07) is 0. The summed E-state index contributed by atoms with van der Waals surface area (Å²) in [5.41, 5.74) is 0. The van der Waals surface area contributed by atoms with Crippen LogP contribution in [0.15, 0.2) is 0 Å². The standard InChI is InChI=1S/C2H6O.CH2Cl2O/c1-2-3;2-1(3)4/h3H,2H2,1H3;1,4H. The molecular weight excluding hydrogens is 139 g/mol. The molecule has 0 saturated heterocycles. The van der Waals surface area contributed by atoms with Gasteiger partial charge in [-0.05, 0) is 6.92 Å². The molecule has 2 nitrogen and oxygen atoms in total. The fourth-order valence-electron chi connectivity index (χ4n) is 0. The number of hydrogen-bond acceptors (Lipinski definition) is 2. The van der Waals surface area contributed by atoms with E-state index < -0.39 is 5.02 Å². The van der Waals surface area contributed by atoms with Gasteiger partial charge in [-0.25, -0.2) is 0 Å². The van der Waals surface area contributed by atoms with Crippen molar-refractivity contribution in [1.82, 2.24) is 0 Å². The maximum Gasteiger partial charge on any atom is 0.204 e. The Labute approximate surface area is 52.7 Å². The molecular formula is C3H8Cl2O2. The van der Waals surface area contributed by atoms with Gasteiger partial charge in [-0.15, -0.1) is 0 Å². The Morgan fingerprint density at radius 2 is 1.57 bits per heavy atom. The summed E-state index contributed by atoms with van der Waals surface area (Å²) in [4.78, 5) is 0. The number of rotatable bonds is 0. The van der Waals surface area contributed by atoms with Crippen molar-refractivity contribution in [2.24, 2.45) is 0 Å². The first-order chi connectivity index (χ1) is 3.15. The summed E-state index contributed by atoms with van der Waals surface area (Å²) in [6.07, 6.45) is 0. The Bertz CT molecular complexity index is 22.1. The Balaban J connectivity index is 0. The SMILES string of the molecule is CCO.OC(Cl)Cl. The average molecular weight is 147 g/mol. The zero-order valence-electron chi connectivity index (χ0n) is 3.93. The summed E-state index contributed by atoms with van der Waals surface area (Å²) >= 11 is 9.19. The Hall–Kier alpha value is 0.500. The van der Waals surface area contributed by atoms with Gasteiger partial charge in [-0.1, -0.05) is 23.2 Å². The van der Waals surface area contributed by atoms with Crippen LogP contribution in [0.4, 0.5) is 0 Å². The van der Waals surface area contributed by atoms with Gasteiger partial charge < -0.3 is 10.2 Å². The molecule has 0 radical (unpaired) electrons. The van der Waals surface area contributed by atoms with E-state index in [4.69, 9.17) is 10.2 Å². The fraction of sp³-hybridized carbons (Fsp3) is 1.00. The number of halogens is 2. The molecule has 0 aliphatic rings. The lowest BCUT2D eigenvalue weighted by atomic mass is 10.9. The van der Waals surface area contributed by atoms with E-state index in [1.807, 2.05) is 0 Å². The van der Waals surface area contributed by atoms with Gasteiger partial charge in [0.05, 0.1) is 0 Å². The highest BCUT2D eigenvalue weighted by Gasteiger charge is 1.76. The van der Waals surface area contributed by atoms with Gasteiger partial charge >= 0.3 is 0 Å². The molecule has 0 unspecified atom stereocenters.